The summed E-state index contributed by atoms with van der Waals surface area (Å²) in [5.74, 6) is -2.71. The molecule has 0 spiro atoms. The third-order valence-electron chi connectivity index (χ3n) is 2.72. The number of carbonyl (C=O) groups is 2. The SMILES string of the molecule is Cc1cc(C(=O)[C@H](C#N)C(=O)Nc2ccc(Cl)cc2Cl)no1. The van der Waals surface area contributed by atoms with Crippen LogP contribution in [0.15, 0.2) is 28.8 Å². The fourth-order valence-electron chi connectivity index (χ4n) is 1.66. The second-order valence-corrected chi connectivity index (χ2v) is 5.21. The van der Waals surface area contributed by atoms with Crippen LogP contribution in [-0.4, -0.2) is 16.8 Å². The molecule has 1 N–H and O–H groups in total. The van der Waals surface area contributed by atoms with E-state index in [4.69, 9.17) is 33.0 Å². The molecule has 0 saturated carbocycles. The number of anilines is 1. The molecule has 0 radical (unpaired) electrons. The number of carbonyl (C=O) groups excluding carboxylic acids is 2. The van der Waals surface area contributed by atoms with Crippen molar-refractivity contribution in [2.45, 2.75) is 6.92 Å². The second-order valence-electron chi connectivity index (χ2n) is 4.36. The first kappa shape index (κ1) is 16.0. The van der Waals surface area contributed by atoms with E-state index >= 15 is 0 Å². The number of nitrogens with zero attached hydrogens (tertiary/aromatic N) is 2. The highest BCUT2D eigenvalue weighted by molar-refractivity contribution is 6.36. The lowest BCUT2D eigenvalue weighted by molar-refractivity contribution is -0.117. The van der Waals surface area contributed by atoms with E-state index in [1.54, 1.807) is 13.0 Å². The first-order valence-corrected chi connectivity index (χ1v) is 6.81. The average molecular weight is 338 g/mol. The normalized spacial score (nSPS) is 11.5. The Labute approximate surface area is 135 Å². The van der Waals surface area contributed by atoms with E-state index in [2.05, 4.69) is 10.5 Å². The summed E-state index contributed by atoms with van der Waals surface area (Å²) in [6.07, 6.45) is 0. The highest BCUT2D eigenvalue weighted by atomic mass is 35.5. The largest absolute Gasteiger partial charge is 0.361 e. The molecule has 112 valence electrons. The Morgan fingerprint density at radius 3 is 2.64 bits per heavy atom. The van der Waals surface area contributed by atoms with Gasteiger partial charge in [0.25, 0.3) is 0 Å². The molecule has 0 fully saturated rings. The Morgan fingerprint density at radius 2 is 2.09 bits per heavy atom. The summed E-state index contributed by atoms with van der Waals surface area (Å²) in [5, 5.41) is 15.6. The van der Waals surface area contributed by atoms with Crippen LogP contribution in [0.1, 0.15) is 16.2 Å². The molecule has 6 nitrogen and oxygen atoms in total. The van der Waals surface area contributed by atoms with Crippen LogP contribution in [0.5, 0.6) is 0 Å². The number of aromatic nitrogens is 1. The number of halogens is 2. The maximum Gasteiger partial charge on any atom is 0.249 e. The fraction of sp³-hybridized carbons (Fsp3) is 0.143. The maximum atomic E-state index is 12.1. The molecule has 0 aliphatic carbocycles. The maximum absolute atomic E-state index is 12.1. The van der Waals surface area contributed by atoms with Gasteiger partial charge in [0.2, 0.25) is 11.7 Å². The van der Waals surface area contributed by atoms with Gasteiger partial charge in [0.05, 0.1) is 16.8 Å². The van der Waals surface area contributed by atoms with Crippen molar-refractivity contribution < 1.29 is 14.1 Å². The summed E-state index contributed by atoms with van der Waals surface area (Å²) in [7, 11) is 0. The minimum absolute atomic E-state index is 0.0820. The van der Waals surface area contributed by atoms with Gasteiger partial charge >= 0.3 is 0 Å². The van der Waals surface area contributed by atoms with E-state index in [-0.39, 0.29) is 16.4 Å². The molecule has 2 aromatic rings. The summed E-state index contributed by atoms with van der Waals surface area (Å²) in [6, 6.07) is 7.43. The zero-order valence-electron chi connectivity index (χ0n) is 11.3. The van der Waals surface area contributed by atoms with E-state index in [1.165, 1.54) is 24.3 Å². The van der Waals surface area contributed by atoms with Gasteiger partial charge in [0, 0.05) is 11.1 Å². The Morgan fingerprint density at radius 1 is 1.36 bits per heavy atom. The Kier molecular flexibility index (Phi) is 4.81. The number of benzene rings is 1. The van der Waals surface area contributed by atoms with Crippen LogP contribution in [0.25, 0.3) is 0 Å². The van der Waals surface area contributed by atoms with E-state index in [1.807, 2.05) is 0 Å². The van der Waals surface area contributed by atoms with Gasteiger partial charge in [0.1, 0.15) is 5.76 Å². The molecule has 0 aliphatic heterocycles. The van der Waals surface area contributed by atoms with Crippen molar-refractivity contribution in [3.05, 3.63) is 45.8 Å². The second kappa shape index (κ2) is 6.60. The number of hydrogen-bond acceptors (Lipinski definition) is 5. The predicted molar refractivity (Wildman–Crippen MR) is 79.8 cm³/mol. The smallest absolute Gasteiger partial charge is 0.249 e. The number of nitriles is 1. The molecule has 2 rings (SSSR count). The summed E-state index contributed by atoms with van der Waals surface area (Å²) >= 11 is 11.7. The highest BCUT2D eigenvalue weighted by Gasteiger charge is 2.30. The van der Waals surface area contributed by atoms with Gasteiger partial charge in [-0.05, 0) is 25.1 Å². The Bertz CT molecular complexity index is 780. The number of rotatable bonds is 4. The van der Waals surface area contributed by atoms with Crippen molar-refractivity contribution in [2.24, 2.45) is 5.92 Å². The van der Waals surface area contributed by atoms with Crippen molar-refractivity contribution in [1.82, 2.24) is 5.16 Å². The molecule has 8 heteroatoms. The lowest BCUT2D eigenvalue weighted by atomic mass is 10.0. The predicted octanol–water partition coefficient (Wildman–Crippen LogP) is 3.25. The van der Waals surface area contributed by atoms with Crippen molar-refractivity contribution >= 4 is 40.6 Å². The molecule has 0 aliphatic rings. The van der Waals surface area contributed by atoms with E-state index in [0.717, 1.165) is 0 Å². The molecule has 0 bridgehead atoms. The van der Waals surface area contributed by atoms with E-state index in [0.29, 0.717) is 10.8 Å². The van der Waals surface area contributed by atoms with Crippen molar-refractivity contribution in [3.8, 4) is 6.07 Å². The zero-order chi connectivity index (χ0) is 16.3. The van der Waals surface area contributed by atoms with Crippen LogP contribution in [0.3, 0.4) is 0 Å². The topological polar surface area (TPSA) is 96.0 Å². The number of Topliss-reactive ketones (excluding diaryl/α,β-unsaturated/α-hetero) is 1. The first-order chi connectivity index (χ1) is 10.4. The third-order valence-corrected chi connectivity index (χ3v) is 3.27. The van der Waals surface area contributed by atoms with Crippen molar-refractivity contribution in [3.63, 3.8) is 0 Å². The van der Waals surface area contributed by atoms with Gasteiger partial charge < -0.3 is 9.84 Å². The quantitative estimate of drug-likeness (QED) is 0.682. The molecule has 1 atom stereocenters. The van der Waals surface area contributed by atoms with Gasteiger partial charge in [-0.15, -0.1) is 0 Å². The Balaban J connectivity index is 2.19. The number of aryl methyl sites for hydroxylation is 1. The zero-order valence-corrected chi connectivity index (χ0v) is 12.8. The van der Waals surface area contributed by atoms with Crippen LogP contribution < -0.4 is 5.32 Å². The summed E-state index contributed by atoms with van der Waals surface area (Å²) < 4.78 is 4.76. The summed E-state index contributed by atoms with van der Waals surface area (Å²) in [6.45, 7) is 1.60. The van der Waals surface area contributed by atoms with E-state index < -0.39 is 17.6 Å². The molecule has 1 aromatic carbocycles. The molecule has 1 heterocycles. The molecular weight excluding hydrogens is 329 g/mol. The minimum Gasteiger partial charge on any atom is -0.361 e. The molecule has 0 saturated heterocycles. The number of nitrogens with one attached hydrogen (secondary N) is 1. The first-order valence-electron chi connectivity index (χ1n) is 6.05. The van der Waals surface area contributed by atoms with Crippen LogP contribution in [0.4, 0.5) is 5.69 Å². The van der Waals surface area contributed by atoms with Crippen LogP contribution in [-0.2, 0) is 4.79 Å². The van der Waals surface area contributed by atoms with Crippen molar-refractivity contribution in [2.75, 3.05) is 5.32 Å². The van der Waals surface area contributed by atoms with Crippen molar-refractivity contribution in [1.29, 1.82) is 5.26 Å². The molecule has 0 unspecified atom stereocenters. The average Bonchev–Trinajstić information content (AvgIpc) is 2.89. The minimum atomic E-state index is -1.56. The fourth-order valence-corrected chi connectivity index (χ4v) is 2.12. The molecular formula is C14H9Cl2N3O3. The number of amides is 1. The monoisotopic (exact) mass is 337 g/mol. The number of hydrogen-bond donors (Lipinski definition) is 1. The van der Waals surface area contributed by atoms with Gasteiger partial charge in [-0.2, -0.15) is 5.26 Å². The molecule has 1 amide bonds. The van der Waals surface area contributed by atoms with Gasteiger partial charge in [-0.1, -0.05) is 28.4 Å². The van der Waals surface area contributed by atoms with Gasteiger partial charge in [-0.3, -0.25) is 9.59 Å². The van der Waals surface area contributed by atoms with Crippen LogP contribution in [0, 0.1) is 24.2 Å². The highest BCUT2D eigenvalue weighted by Crippen LogP contribution is 2.26. The molecule has 1 aromatic heterocycles. The lowest BCUT2D eigenvalue weighted by Gasteiger charge is -2.09. The van der Waals surface area contributed by atoms with E-state index in [9.17, 15) is 9.59 Å². The van der Waals surface area contributed by atoms with Crippen LogP contribution >= 0.6 is 23.2 Å². The van der Waals surface area contributed by atoms with Crippen LogP contribution in [0.2, 0.25) is 10.0 Å². The number of ketones is 1. The van der Waals surface area contributed by atoms with Gasteiger partial charge in [0.15, 0.2) is 11.6 Å². The standard InChI is InChI=1S/C14H9Cl2N3O3/c1-7-4-12(19-22-7)13(20)9(6-17)14(21)18-11-3-2-8(15)5-10(11)16/h2-5,9H,1H3,(H,18,21)/t9-/m0/s1. The van der Waals surface area contributed by atoms with Gasteiger partial charge in [-0.25, -0.2) is 0 Å². The summed E-state index contributed by atoms with van der Waals surface area (Å²) in [4.78, 5) is 24.2. The third kappa shape index (κ3) is 3.45. The Hall–Kier alpha value is -2.36. The lowest BCUT2D eigenvalue weighted by Crippen LogP contribution is -2.29. The summed E-state index contributed by atoms with van der Waals surface area (Å²) in [5.41, 5.74) is 0.168. The molecule has 22 heavy (non-hydrogen) atoms.